The minimum absolute atomic E-state index is 0.0903. The topological polar surface area (TPSA) is 38.5 Å². The molecule has 0 spiro atoms. The molecule has 0 saturated carbocycles. The first-order valence-corrected chi connectivity index (χ1v) is 6.43. The van der Waals surface area contributed by atoms with Gasteiger partial charge in [-0.05, 0) is 44.5 Å². The zero-order valence-corrected chi connectivity index (χ0v) is 12.4. The highest BCUT2D eigenvalue weighted by molar-refractivity contribution is 7.80. The van der Waals surface area contributed by atoms with Crippen molar-refractivity contribution in [2.24, 2.45) is 5.73 Å². The maximum atomic E-state index is 5.58. The van der Waals surface area contributed by atoms with E-state index in [0.29, 0.717) is 4.99 Å². The van der Waals surface area contributed by atoms with Crippen LogP contribution in [0, 0.1) is 0 Å². The highest BCUT2D eigenvalue weighted by Gasteiger charge is 2.16. The van der Waals surface area contributed by atoms with Crippen LogP contribution >= 0.6 is 12.2 Å². The SMILES string of the molecule is COC(C)(C)CCN(C)c1ccc(C(N)=S)cc1. The lowest BCUT2D eigenvalue weighted by Crippen LogP contribution is -2.30. The number of ether oxygens (including phenoxy) is 1. The van der Waals surface area contributed by atoms with E-state index in [1.54, 1.807) is 7.11 Å². The van der Waals surface area contributed by atoms with E-state index in [2.05, 4.69) is 25.8 Å². The van der Waals surface area contributed by atoms with Gasteiger partial charge in [0, 0.05) is 32.0 Å². The van der Waals surface area contributed by atoms with Crippen molar-refractivity contribution in [1.82, 2.24) is 0 Å². The van der Waals surface area contributed by atoms with E-state index < -0.39 is 0 Å². The summed E-state index contributed by atoms with van der Waals surface area (Å²) in [6.07, 6.45) is 0.969. The Labute approximate surface area is 115 Å². The van der Waals surface area contributed by atoms with E-state index in [9.17, 15) is 0 Å². The van der Waals surface area contributed by atoms with E-state index in [0.717, 1.165) is 24.2 Å². The number of benzene rings is 1. The van der Waals surface area contributed by atoms with Gasteiger partial charge in [0.05, 0.1) is 5.60 Å². The molecule has 1 aromatic rings. The predicted molar refractivity (Wildman–Crippen MR) is 81.3 cm³/mol. The molecule has 0 fully saturated rings. The number of thiocarbonyl (C=S) groups is 1. The minimum atomic E-state index is -0.0903. The summed E-state index contributed by atoms with van der Waals surface area (Å²) in [6, 6.07) is 7.98. The molecule has 0 amide bonds. The van der Waals surface area contributed by atoms with Gasteiger partial charge in [0.1, 0.15) is 4.99 Å². The van der Waals surface area contributed by atoms with Crippen molar-refractivity contribution in [1.29, 1.82) is 0 Å². The zero-order chi connectivity index (χ0) is 13.8. The number of methoxy groups -OCH3 is 1. The lowest BCUT2D eigenvalue weighted by atomic mass is 10.0. The van der Waals surface area contributed by atoms with E-state index in [-0.39, 0.29) is 5.60 Å². The quantitative estimate of drug-likeness (QED) is 0.803. The number of nitrogens with two attached hydrogens (primary N) is 1. The second-order valence-electron chi connectivity index (χ2n) is 5.05. The van der Waals surface area contributed by atoms with E-state index in [4.69, 9.17) is 22.7 Å². The minimum Gasteiger partial charge on any atom is -0.389 e. The fraction of sp³-hybridized carbons (Fsp3) is 0.500. The van der Waals surface area contributed by atoms with E-state index >= 15 is 0 Å². The van der Waals surface area contributed by atoms with Crippen LogP contribution in [0.5, 0.6) is 0 Å². The summed E-state index contributed by atoms with van der Waals surface area (Å²) in [5.41, 5.74) is 7.54. The molecule has 1 aromatic carbocycles. The van der Waals surface area contributed by atoms with Crippen molar-refractivity contribution in [3.8, 4) is 0 Å². The maximum absolute atomic E-state index is 5.58. The van der Waals surface area contributed by atoms with Crippen LogP contribution in [0.3, 0.4) is 0 Å². The predicted octanol–water partition coefficient (Wildman–Crippen LogP) is 2.57. The van der Waals surface area contributed by atoms with Crippen molar-refractivity contribution in [3.05, 3.63) is 29.8 Å². The van der Waals surface area contributed by atoms with Gasteiger partial charge in [-0.2, -0.15) is 0 Å². The molecule has 0 heterocycles. The van der Waals surface area contributed by atoms with Gasteiger partial charge in [0.25, 0.3) is 0 Å². The maximum Gasteiger partial charge on any atom is 0.103 e. The van der Waals surface area contributed by atoms with Crippen LogP contribution in [0.25, 0.3) is 0 Å². The molecule has 0 atom stereocenters. The Morgan fingerprint density at radius 3 is 2.33 bits per heavy atom. The number of nitrogens with zero attached hydrogens (tertiary/aromatic N) is 1. The average molecular weight is 266 g/mol. The molecular formula is C14H22N2OS. The van der Waals surface area contributed by atoms with Crippen molar-refractivity contribution in [3.63, 3.8) is 0 Å². The second-order valence-corrected chi connectivity index (χ2v) is 5.49. The fourth-order valence-corrected chi connectivity index (χ4v) is 1.68. The van der Waals surface area contributed by atoms with Crippen LogP contribution in [-0.4, -0.2) is 31.3 Å². The van der Waals surface area contributed by atoms with Gasteiger partial charge in [-0.25, -0.2) is 0 Å². The first-order chi connectivity index (χ1) is 8.35. The van der Waals surface area contributed by atoms with Crippen LogP contribution < -0.4 is 10.6 Å². The van der Waals surface area contributed by atoms with Gasteiger partial charge in [0.2, 0.25) is 0 Å². The Morgan fingerprint density at radius 2 is 1.89 bits per heavy atom. The molecule has 0 unspecified atom stereocenters. The number of hydrogen-bond donors (Lipinski definition) is 1. The number of anilines is 1. The Hall–Kier alpha value is -1.13. The zero-order valence-electron chi connectivity index (χ0n) is 11.6. The Morgan fingerprint density at radius 1 is 1.33 bits per heavy atom. The second kappa shape index (κ2) is 6.16. The molecule has 0 radical (unpaired) electrons. The lowest BCUT2D eigenvalue weighted by molar-refractivity contribution is 0.0174. The summed E-state index contributed by atoms with van der Waals surface area (Å²) < 4.78 is 5.41. The molecule has 0 aliphatic heterocycles. The Balaban J connectivity index is 2.62. The average Bonchev–Trinajstić information content (AvgIpc) is 2.36. The molecular weight excluding hydrogens is 244 g/mol. The molecule has 2 N–H and O–H groups in total. The summed E-state index contributed by atoms with van der Waals surface area (Å²) >= 11 is 4.93. The third kappa shape index (κ3) is 4.27. The highest BCUT2D eigenvalue weighted by atomic mass is 32.1. The smallest absolute Gasteiger partial charge is 0.103 e. The van der Waals surface area contributed by atoms with Gasteiger partial charge in [-0.1, -0.05) is 12.2 Å². The molecule has 18 heavy (non-hydrogen) atoms. The van der Waals surface area contributed by atoms with Crippen molar-refractivity contribution in [2.45, 2.75) is 25.9 Å². The highest BCUT2D eigenvalue weighted by Crippen LogP contribution is 2.18. The van der Waals surface area contributed by atoms with Crippen molar-refractivity contribution >= 4 is 22.9 Å². The first kappa shape index (κ1) is 14.9. The summed E-state index contributed by atoms with van der Waals surface area (Å²) in [5, 5.41) is 0. The van der Waals surface area contributed by atoms with Gasteiger partial charge in [-0.15, -0.1) is 0 Å². The standard InChI is InChI=1S/C14H22N2OS/c1-14(2,17-4)9-10-16(3)12-7-5-11(6-8-12)13(15)18/h5-8H,9-10H2,1-4H3,(H2,15,18). The molecule has 0 bridgehead atoms. The molecule has 0 saturated heterocycles. The van der Waals surface area contributed by atoms with Crippen LogP contribution in [0.15, 0.2) is 24.3 Å². The third-order valence-electron chi connectivity index (χ3n) is 3.19. The van der Waals surface area contributed by atoms with Crippen molar-refractivity contribution in [2.75, 3.05) is 25.6 Å². The molecule has 1 rings (SSSR count). The third-order valence-corrected chi connectivity index (χ3v) is 3.43. The molecule has 0 aliphatic rings. The van der Waals surface area contributed by atoms with Crippen LogP contribution in [0.2, 0.25) is 0 Å². The molecule has 4 heteroatoms. The Bertz CT molecular complexity index is 401. The normalized spacial score (nSPS) is 11.3. The summed E-state index contributed by atoms with van der Waals surface area (Å²) in [7, 11) is 3.82. The van der Waals surface area contributed by atoms with Gasteiger partial charge >= 0.3 is 0 Å². The largest absolute Gasteiger partial charge is 0.389 e. The molecule has 3 nitrogen and oxygen atoms in total. The monoisotopic (exact) mass is 266 g/mol. The van der Waals surface area contributed by atoms with Gasteiger partial charge in [0.15, 0.2) is 0 Å². The van der Waals surface area contributed by atoms with E-state index in [1.165, 1.54) is 0 Å². The van der Waals surface area contributed by atoms with Gasteiger partial charge in [-0.3, -0.25) is 0 Å². The number of rotatable bonds is 6. The van der Waals surface area contributed by atoms with Crippen LogP contribution in [0.4, 0.5) is 5.69 Å². The fourth-order valence-electron chi connectivity index (χ4n) is 1.55. The number of hydrogen-bond acceptors (Lipinski definition) is 3. The first-order valence-electron chi connectivity index (χ1n) is 6.02. The van der Waals surface area contributed by atoms with Crippen LogP contribution in [-0.2, 0) is 4.74 Å². The summed E-state index contributed by atoms with van der Waals surface area (Å²) in [4.78, 5) is 2.63. The lowest BCUT2D eigenvalue weighted by Gasteiger charge is -2.27. The summed E-state index contributed by atoms with van der Waals surface area (Å²) in [6.45, 7) is 5.13. The Kier molecular flexibility index (Phi) is 5.11. The van der Waals surface area contributed by atoms with Crippen LogP contribution in [0.1, 0.15) is 25.8 Å². The molecule has 0 aliphatic carbocycles. The molecule has 0 aromatic heterocycles. The summed E-state index contributed by atoms with van der Waals surface area (Å²) in [5.74, 6) is 0. The van der Waals surface area contributed by atoms with Gasteiger partial charge < -0.3 is 15.4 Å². The van der Waals surface area contributed by atoms with E-state index in [1.807, 2.05) is 24.3 Å². The molecule has 100 valence electrons. The van der Waals surface area contributed by atoms with Crippen molar-refractivity contribution < 1.29 is 4.74 Å².